The number of sulfone groups is 1. The number of carbonyl (C=O) groups excluding carboxylic acids is 1. The molecule has 0 N–H and O–H groups in total. The first-order valence-electron chi connectivity index (χ1n) is 9.50. The minimum atomic E-state index is -3.10. The van der Waals surface area contributed by atoms with Crippen molar-refractivity contribution in [3.05, 3.63) is 65.5 Å². The first-order valence-corrected chi connectivity index (χ1v) is 12.2. The third-order valence-corrected chi connectivity index (χ3v) is 8.51. The molecule has 6 nitrogen and oxygen atoms in total. The molecule has 9 heteroatoms. The summed E-state index contributed by atoms with van der Waals surface area (Å²) in [6.07, 6.45) is 0.597. The zero-order valence-electron chi connectivity index (χ0n) is 16.3. The van der Waals surface area contributed by atoms with Crippen LogP contribution in [0.3, 0.4) is 0 Å². The van der Waals surface area contributed by atoms with E-state index < -0.39 is 9.84 Å². The Labute approximate surface area is 179 Å². The largest absolute Gasteiger partial charge is 0.497 e. The highest BCUT2D eigenvalue weighted by atomic mass is 32.2. The van der Waals surface area contributed by atoms with Crippen LogP contribution < -0.4 is 4.74 Å². The van der Waals surface area contributed by atoms with Crippen LogP contribution in [0.1, 0.15) is 15.9 Å². The molecule has 0 aromatic heterocycles. The van der Waals surface area contributed by atoms with Crippen LogP contribution in [0.25, 0.3) is 0 Å². The summed E-state index contributed by atoms with van der Waals surface area (Å²) in [5.74, 6) is 0.115. The molecule has 2 aromatic rings. The van der Waals surface area contributed by atoms with Crippen molar-refractivity contribution in [3.63, 3.8) is 0 Å². The summed E-state index contributed by atoms with van der Waals surface area (Å²) >= 11 is 1.35. The van der Waals surface area contributed by atoms with Gasteiger partial charge in [-0.05, 0) is 48.4 Å². The Bertz CT molecular complexity index is 1070. The third kappa shape index (κ3) is 4.52. The molecule has 2 aliphatic rings. The highest BCUT2D eigenvalue weighted by molar-refractivity contribution is 8.15. The van der Waals surface area contributed by atoms with Gasteiger partial charge >= 0.3 is 0 Å². The van der Waals surface area contributed by atoms with Gasteiger partial charge in [0.2, 0.25) is 0 Å². The second-order valence-corrected chi connectivity index (χ2v) is 10.7. The van der Waals surface area contributed by atoms with Crippen molar-refractivity contribution in [2.45, 2.75) is 17.7 Å². The van der Waals surface area contributed by atoms with E-state index in [2.05, 4.69) is 4.99 Å². The van der Waals surface area contributed by atoms with E-state index in [-0.39, 0.29) is 34.5 Å². The first-order chi connectivity index (χ1) is 14.3. The van der Waals surface area contributed by atoms with Gasteiger partial charge in [-0.15, -0.1) is 0 Å². The fourth-order valence-electron chi connectivity index (χ4n) is 3.68. The predicted octanol–water partition coefficient (Wildman–Crippen LogP) is 2.79. The second-order valence-electron chi connectivity index (χ2n) is 7.30. The van der Waals surface area contributed by atoms with Crippen LogP contribution in [0.4, 0.5) is 4.39 Å². The number of halogens is 1. The molecule has 0 aliphatic carbocycles. The Hall–Kier alpha value is -2.39. The Kier molecular flexibility index (Phi) is 5.84. The number of aliphatic imine (C=N–C) groups is 1. The van der Waals surface area contributed by atoms with Gasteiger partial charge in [0.05, 0.1) is 24.7 Å². The van der Waals surface area contributed by atoms with E-state index in [0.29, 0.717) is 29.4 Å². The van der Waals surface area contributed by atoms with Gasteiger partial charge in [-0.2, -0.15) is 4.99 Å². The smallest absolute Gasteiger partial charge is 0.279 e. The Morgan fingerprint density at radius 3 is 2.53 bits per heavy atom. The highest BCUT2D eigenvalue weighted by Crippen LogP contribution is 2.38. The number of hydrogen-bond donors (Lipinski definition) is 0. The number of carbonyl (C=O) groups is 1. The SMILES string of the molecule is COc1ccc(C(=O)N=C2S[C@@H]3CS(=O)(=O)C[C@@H]3N2CCc2ccc(F)cc2)cc1. The van der Waals surface area contributed by atoms with Gasteiger partial charge in [0.25, 0.3) is 5.91 Å². The van der Waals surface area contributed by atoms with E-state index in [9.17, 15) is 17.6 Å². The number of hydrogen-bond acceptors (Lipinski definition) is 5. The number of amidine groups is 1. The molecule has 2 aliphatic heterocycles. The van der Waals surface area contributed by atoms with Crippen LogP contribution in [0.15, 0.2) is 53.5 Å². The molecule has 2 heterocycles. The summed E-state index contributed by atoms with van der Waals surface area (Å²) in [7, 11) is -1.55. The Balaban J connectivity index is 1.55. The lowest BCUT2D eigenvalue weighted by atomic mass is 10.1. The van der Waals surface area contributed by atoms with Gasteiger partial charge in [-0.3, -0.25) is 4.79 Å². The number of benzene rings is 2. The molecule has 0 saturated carbocycles. The van der Waals surface area contributed by atoms with Crippen LogP contribution in [-0.4, -0.2) is 60.8 Å². The zero-order valence-corrected chi connectivity index (χ0v) is 18.0. The van der Waals surface area contributed by atoms with Crippen molar-refractivity contribution in [3.8, 4) is 5.75 Å². The van der Waals surface area contributed by atoms with E-state index in [0.717, 1.165) is 5.56 Å². The summed E-state index contributed by atoms with van der Waals surface area (Å²) in [6, 6.07) is 12.7. The first kappa shape index (κ1) is 20.9. The van der Waals surface area contributed by atoms with E-state index in [1.165, 1.54) is 23.9 Å². The quantitative estimate of drug-likeness (QED) is 0.700. The lowest BCUT2D eigenvalue weighted by Gasteiger charge is -2.24. The normalized spacial score (nSPS) is 23.5. The van der Waals surface area contributed by atoms with E-state index in [1.807, 2.05) is 4.90 Å². The van der Waals surface area contributed by atoms with Gasteiger partial charge in [-0.25, -0.2) is 12.8 Å². The van der Waals surface area contributed by atoms with Gasteiger partial charge < -0.3 is 9.64 Å². The molecule has 1 amide bonds. The maximum Gasteiger partial charge on any atom is 0.279 e. The van der Waals surface area contributed by atoms with Crippen LogP contribution in [0, 0.1) is 5.82 Å². The maximum atomic E-state index is 13.2. The maximum absolute atomic E-state index is 13.2. The molecule has 2 saturated heterocycles. The van der Waals surface area contributed by atoms with Crippen molar-refractivity contribution >= 4 is 32.7 Å². The topological polar surface area (TPSA) is 76.0 Å². The van der Waals surface area contributed by atoms with Crippen molar-refractivity contribution < 1.29 is 22.3 Å². The lowest BCUT2D eigenvalue weighted by Crippen LogP contribution is -2.39. The van der Waals surface area contributed by atoms with E-state index >= 15 is 0 Å². The fraction of sp³-hybridized carbons (Fsp3) is 0.333. The van der Waals surface area contributed by atoms with Crippen LogP contribution in [0.5, 0.6) is 5.75 Å². The molecule has 2 fully saturated rings. The average Bonchev–Trinajstić information content (AvgIpc) is 3.18. The van der Waals surface area contributed by atoms with Gasteiger partial charge in [0.15, 0.2) is 15.0 Å². The van der Waals surface area contributed by atoms with Crippen LogP contribution in [0.2, 0.25) is 0 Å². The molecule has 0 bridgehead atoms. The van der Waals surface area contributed by atoms with Gasteiger partial charge in [-0.1, -0.05) is 23.9 Å². The molecule has 2 aromatic carbocycles. The number of nitrogens with zero attached hydrogens (tertiary/aromatic N) is 2. The molecule has 0 spiro atoms. The highest BCUT2D eigenvalue weighted by Gasteiger charge is 2.48. The molecule has 30 heavy (non-hydrogen) atoms. The van der Waals surface area contributed by atoms with E-state index in [1.54, 1.807) is 43.5 Å². The standard InChI is InChI=1S/C21H21FN2O4S2/c1-28-17-8-4-15(5-9-17)20(25)23-21-24(11-10-14-2-6-16(22)7-3-14)18-12-30(26,27)13-19(18)29-21/h2-9,18-19H,10-13H2,1H3/t18-,19+/m0/s1. The monoisotopic (exact) mass is 448 g/mol. The molecule has 0 radical (unpaired) electrons. The molecular formula is C21H21FN2O4S2. The fourth-order valence-corrected chi connectivity index (χ4v) is 7.66. The van der Waals surface area contributed by atoms with Crippen molar-refractivity contribution in [2.75, 3.05) is 25.2 Å². The predicted molar refractivity (Wildman–Crippen MR) is 115 cm³/mol. The van der Waals surface area contributed by atoms with Gasteiger partial charge in [0, 0.05) is 17.4 Å². The van der Waals surface area contributed by atoms with Crippen molar-refractivity contribution in [1.82, 2.24) is 4.90 Å². The summed E-state index contributed by atoms with van der Waals surface area (Å²) in [5.41, 5.74) is 1.37. The van der Waals surface area contributed by atoms with E-state index in [4.69, 9.17) is 4.74 Å². The Morgan fingerprint density at radius 2 is 1.87 bits per heavy atom. The number of fused-ring (bicyclic) bond motifs is 1. The number of ether oxygens (including phenoxy) is 1. The zero-order chi connectivity index (χ0) is 21.3. The second kappa shape index (κ2) is 8.39. The summed E-state index contributed by atoms with van der Waals surface area (Å²) in [5, 5.41) is 0.411. The van der Waals surface area contributed by atoms with Gasteiger partial charge in [0.1, 0.15) is 11.6 Å². The molecular weight excluding hydrogens is 427 g/mol. The minimum absolute atomic E-state index is 0.0594. The molecule has 4 rings (SSSR count). The van der Waals surface area contributed by atoms with Crippen LogP contribution in [-0.2, 0) is 16.3 Å². The minimum Gasteiger partial charge on any atom is -0.497 e. The molecule has 2 atom stereocenters. The summed E-state index contributed by atoms with van der Waals surface area (Å²) in [4.78, 5) is 18.9. The summed E-state index contributed by atoms with van der Waals surface area (Å²) < 4.78 is 42.5. The average molecular weight is 449 g/mol. The van der Waals surface area contributed by atoms with Crippen LogP contribution >= 0.6 is 11.8 Å². The lowest BCUT2D eigenvalue weighted by molar-refractivity contribution is 0.100. The molecule has 158 valence electrons. The summed E-state index contributed by atoms with van der Waals surface area (Å²) in [6.45, 7) is 0.504. The number of methoxy groups -OCH3 is 1. The molecule has 0 unspecified atom stereocenters. The Morgan fingerprint density at radius 1 is 1.17 bits per heavy atom. The number of thioether (sulfide) groups is 1. The van der Waals surface area contributed by atoms with Crippen molar-refractivity contribution in [1.29, 1.82) is 0 Å². The number of amides is 1. The number of rotatable bonds is 5. The van der Waals surface area contributed by atoms with Crippen molar-refractivity contribution in [2.24, 2.45) is 4.99 Å². The third-order valence-electron chi connectivity index (χ3n) is 5.26.